The lowest BCUT2D eigenvalue weighted by atomic mass is 10.0. The fraction of sp³-hybridized carbons (Fsp3) is 0.667. The van der Waals surface area contributed by atoms with Crippen LogP contribution in [0, 0.1) is 5.92 Å². The second-order valence-corrected chi connectivity index (χ2v) is 9.66. The Balaban J connectivity index is 2.94. The maximum absolute atomic E-state index is 6.14. The molecule has 0 amide bonds. The lowest BCUT2D eigenvalue weighted by Gasteiger charge is -2.24. The van der Waals surface area contributed by atoms with Crippen LogP contribution in [-0.2, 0) is 4.43 Å². The summed E-state index contributed by atoms with van der Waals surface area (Å²) >= 11 is 0. The molecule has 1 nitrogen and oxygen atoms in total. The van der Waals surface area contributed by atoms with E-state index in [2.05, 4.69) is 47.3 Å². The summed E-state index contributed by atoms with van der Waals surface area (Å²) in [5.74, 6) is 1.71. The molecule has 0 saturated heterocycles. The Hall–Kier alpha value is -0.503. The smallest absolute Gasteiger partial charge is 0.241 e. The highest BCUT2D eigenvalue weighted by molar-refractivity contribution is 6.70. The zero-order chi connectivity index (χ0) is 11.1. The predicted octanol–water partition coefficient (Wildman–Crippen LogP) is 4.10. The quantitative estimate of drug-likeness (QED) is 0.624. The highest BCUT2D eigenvalue weighted by Crippen LogP contribution is 2.38. The summed E-state index contributed by atoms with van der Waals surface area (Å²) in [6.45, 7) is 15.5. The molecule has 1 aliphatic carbocycles. The van der Waals surface area contributed by atoms with Crippen molar-refractivity contribution < 1.29 is 4.43 Å². The van der Waals surface area contributed by atoms with Gasteiger partial charge in [-0.15, -0.1) is 0 Å². The summed E-state index contributed by atoms with van der Waals surface area (Å²) < 4.78 is 6.14. The van der Waals surface area contributed by atoms with E-state index in [1.165, 1.54) is 22.5 Å². The van der Waals surface area contributed by atoms with Gasteiger partial charge in [0.25, 0.3) is 0 Å². The van der Waals surface area contributed by atoms with Crippen molar-refractivity contribution in [2.24, 2.45) is 5.92 Å². The van der Waals surface area contributed by atoms with Crippen molar-refractivity contribution in [3.8, 4) is 0 Å². The van der Waals surface area contributed by atoms with E-state index in [1.54, 1.807) is 0 Å². The molecule has 0 aliphatic heterocycles. The van der Waals surface area contributed by atoms with Gasteiger partial charge in [-0.1, -0.05) is 12.5 Å². The van der Waals surface area contributed by atoms with Gasteiger partial charge < -0.3 is 4.43 Å². The summed E-state index contributed by atoms with van der Waals surface area (Å²) in [6, 6.07) is 0. The monoisotopic (exact) mass is 210 g/mol. The summed E-state index contributed by atoms with van der Waals surface area (Å²) in [7, 11) is -1.45. The largest absolute Gasteiger partial charge is 0.547 e. The van der Waals surface area contributed by atoms with Gasteiger partial charge in [0.05, 0.1) is 5.76 Å². The lowest BCUT2D eigenvalue weighted by molar-refractivity contribution is 0.372. The van der Waals surface area contributed by atoms with Crippen LogP contribution in [0.4, 0.5) is 0 Å². The van der Waals surface area contributed by atoms with Gasteiger partial charge in [-0.25, -0.2) is 0 Å². The van der Waals surface area contributed by atoms with Gasteiger partial charge in [0.15, 0.2) is 0 Å². The maximum atomic E-state index is 6.14. The van der Waals surface area contributed by atoms with Crippen molar-refractivity contribution in [1.82, 2.24) is 0 Å². The van der Waals surface area contributed by atoms with E-state index in [4.69, 9.17) is 4.43 Å². The Morgan fingerprint density at radius 3 is 1.79 bits per heavy atom. The average Bonchev–Trinajstić information content (AvgIpc) is 2.20. The molecule has 1 rings (SSSR count). The first kappa shape index (κ1) is 11.6. The molecule has 0 N–H and O–H groups in total. The van der Waals surface area contributed by atoms with Gasteiger partial charge in [-0.2, -0.15) is 0 Å². The highest BCUT2D eigenvalue weighted by Gasteiger charge is 2.28. The number of allylic oxidation sites excluding steroid dienone is 3. The molecule has 0 aromatic rings. The molecule has 0 saturated carbocycles. The predicted molar refractivity (Wildman–Crippen MR) is 64.7 cm³/mol. The van der Waals surface area contributed by atoms with Crippen LogP contribution in [-0.4, -0.2) is 8.32 Å². The molecule has 0 fully saturated rings. The van der Waals surface area contributed by atoms with Crippen LogP contribution >= 0.6 is 0 Å². The van der Waals surface area contributed by atoms with Gasteiger partial charge >= 0.3 is 0 Å². The molecular weight excluding hydrogens is 188 g/mol. The van der Waals surface area contributed by atoms with Crippen molar-refractivity contribution >= 4 is 8.32 Å². The Morgan fingerprint density at radius 1 is 1.00 bits per heavy atom. The van der Waals surface area contributed by atoms with E-state index in [0.29, 0.717) is 5.92 Å². The van der Waals surface area contributed by atoms with E-state index in [1.807, 2.05) is 0 Å². The zero-order valence-corrected chi connectivity index (χ0v) is 11.5. The highest BCUT2D eigenvalue weighted by atomic mass is 28.4. The first-order valence-corrected chi connectivity index (χ1v) is 8.72. The van der Waals surface area contributed by atoms with Crippen molar-refractivity contribution in [2.75, 3.05) is 0 Å². The Labute approximate surface area is 89.0 Å². The average molecular weight is 210 g/mol. The van der Waals surface area contributed by atoms with Crippen molar-refractivity contribution in [3.63, 3.8) is 0 Å². The molecule has 1 unspecified atom stereocenters. The second kappa shape index (κ2) is 3.57. The minimum atomic E-state index is -1.45. The van der Waals surface area contributed by atoms with E-state index in [-0.39, 0.29) is 0 Å². The van der Waals surface area contributed by atoms with Crippen molar-refractivity contribution in [3.05, 3.63) is 22.5 Å². The minimum absolute atomic E-state index is 0.488. The SMILES string of the molecule is CC1=C(C)C(C)C(O[Si](C)(C)C)=C1C. The second-order valence-electron chi connectivity index (χ2n) is 5.23. The molecule has 80 valence electrons. The summed E-state index contributed by atoms with van der Waals surface area (Å²) in [4.78, 5) is 0. The fourth-order valence-corrected chi connectivity index (χ4v) is 2.81. The molecule has 2 heteroatoms. The third kappa shape index (κ3) is 2.11. The molecule has 0 bridgehead atoms. The Kier molecular flexibility index (Phi) is 2.95. The molecule has 1 atom stereocenters. The summed E-state index contributed by atoms with van der Waals surface area (Å²) in [5, 5.41) is 0. The number of rotatable bonds is 2. The van der Waals surface area contributed by atoms with E-state index < -0.39 is 8.32 Å². The first-order valence-electron chi connectivity index (χ1n) is 5.31. The van der Waals surface area contributed by atoms with E-state index in [9.17, 15) is 0 Å². The van der Waals surface area contributed by atoms with Crippen LogP contribution in [0.3, 0.4) is 0 Å². The van der Waals surface area contributed by atoms with Gasteiger partial charge in [-0.3, -0.25) is 0 Å². The molecule has 1 aliphatic rings. The van der Waals surface area contributed by atoms with Gasteiger partial charge in [-0.05, 0) is 51.6 Å². The molecule has 14 heavy (non-hydrogen) atoms. The Bertz CT molecular complexity index is 305. The van der Waals surface area contributed by atoms with E-state index >= 15 is 0 Å². The third-order valence-electron chi connectivity index (χ3n) is 2.98. The van der Waals surface area contributed by atoms with Gasteiger partial charge in [0.2, 0.25) is 8.32 Å². The third-order valence-corrected chi connectivity index (χ3v) is 3.81. The summed E-state index contributed by atoms with van der Waals surface area (Å²) in [6.07, 6.45) is 0. The van der Waals surface area contributed by atoms with Crippen LogP contribution in [0.2, 0.25) is 19.6 Å². The maximum Gasteiger partial charge on any atom is 0.241 e. The minimum Gasteiger partial charge on any atom is -0.547 e. The van der Waals surface area contributed by atoms with Gasteiger partial charge in [0, 0.05) is 5.92 Å². The normalized spacial score (nSPS) is 23.5. The molecule has 0 aromatic heterocycles. The van der Waals surface area contributed by atoms with Gasteiger partial charge in [0.1, 0.15) is 0 Å². The van der Waals surface area contributed by atoms with Crippen molar-refractivity contribution in [2.45, 2.75) is 47.3 Å². The molecule has 0 heterocycles. The Morgan fingerprint density at radius 2 is 1.50 bits per heavy atom. The number of hydrogen-bond donors (Lipinski definition) is 0. The van der Waals surface area contributed by atoms with Crippen molar-refractivity contribution in [1.29, 1.82) is 0 Å². The van der Waals surface area contributed by atoms with E-state index in [0.717, 1.165) is 0 Å². The summed E-state index contributed by atoms with van der Waals surface area (Å²) in [5.41, 5.74) is 4.25. The molecule has 0 spiro atoms. The standard InChI is InChI=1S/C12H22OSi/c1-8-9(2)11(4)12(10(8)3)13-14(5,6)7/h10H,1-7H3. The first-order chi connectivity index (χ1) is 6.24. The molecule has 0 radical (unpaired) electrons. The topological polar surface area (TPSA) is 9.23 Å². The fourth-order valence-electron chi connectivity index (χ4n) is 1.82. The van der Waals surface area contributed by atoms with Crippen LogP contribution < -0.4 is 0 Å². The van der Waals surface area contributed by atoms with Crippen LogP contribution in [0.1, 0.15) is 27.7 Å². The molecule has 0 aromatic carbocycles. The van der Waals surface area contributed by atoms with Crippen LogP contribution in [0.15, 0.2) is 22.5 Å². The number of hydrogen-bond acceptors (Lipinski definition) is 1. The van der Waals surface area contributed by atoms with Crippen LogP contribution in [0.25, 0.3) is 0 Å². The van der Waals surface area contributed by atoms with Crippen LogP contribution in [0.5, 0.6) is 0 Å². The molecular formula is C12H22OSi. The lowest BCUT2D eigenvalue weighted by Crippen LogP contribution is -2.26. The zero-order valence-electron chi connectivity index (χ0n) is 10.5.